The maximum Gasteiger partial charge on any atom is 0.177 e. The number of aliphatic hydroxyl groups is 1. The van der Waals surface area contributed by atoms with E-state index < -0.39 is 0 Å². The van der Waals surface area contributed by atoms with Crippen LogP contribution in [0.25, 0.3) is 10.6 Å². The number of hydrogen-bond donors (Lipinski definition) is 1. The summed E-state index contributed by atoms with van der Waals surface area (Å²) in [7, 11) is 1.94. The first-order valence-electron chi connectivity index (χ1n) is 5.08. The smallest absolute Gasteiger partial charge is 0.177 e. The maximum atomic E-state index is 8.79. The molecule has 2 aromatic heterocycles. The molecule has 5 heteroatoms. The van der Waals surface area contributed by atoms with E-state index in [9.17, 15) is 0 Å². The molecule has 0 spiro atoms. The van der Waals surface area contributed by atoms with Gasteiger partial charge in [0.25, 0.3) is 0 Å². The third kappa shape index (κ3) is 2.69. The number of aromatic nitrogens is 1. The largest absolute Gasteiger partial charge is 0.395 e. The van der Waals surface area contributed by atoms with Crippen molar-refractivity contribution in [3.05, 3.63) is 29.3 Å². The molecule has 0 saturated carbocycles. The Morgan fingerprint density at radius 1 is 1.56 bits per heavy atom. The normalized spacial score (nSPS) is 11.2. The second-order valence-electron chi connectivity index (χ2n) is 3.62. The Hall–Kier alpha value is -1.17. The highest BCUT2D eigenvalue weighted by molar-refractivity contribution is 7.13. The first-order chi connectivity index (χ1) is 7.79. The molecule has 0 saturated heterocycles. The summed E-state index contributed by atoms with van der Waals surface area (Å²) in [5.41, 5.74) is 0.888. The molecule has 0 aliphatic rings. The van der Waals surface area contributed by atoms with E-state index in [-0.39, 0.29) is 6.61 Å². The third-order valence-corrected chi connectivity index (χ3v) is 3.12. The van der Waals surface area contributed by atoms with Crippen molar-refractivity contribution in [2.24, 2.45) is 0 Å². The first-order valence-corrected chi connectivity index (χ1v) is 5.96. The zero-order valence-corrected chi connectivity index (χ0v) is 9.91. The minimum Gasteiger partial charge on any atom is -0.395 e. The van der Waals surface area contributed by atoms with Crippen molar-refractivity contribution in [2.45, 2.75) is 6.54 Å². The number of thiophene rings is 1. The van der Waals surface area contributed by atoms with Gasteiger partial charge in [0.15, 0.2) is 5.76 Å². The van der Waals surface area contributed by atoms with Gasteiger partial charge in [-0.05, 0) is 18.5 Å². The van der Waals surface area contributed by atoms with Crippen molar-refractivity contribution in [2.75, 3.05) is 20.2 Å². The van der Waals surface area contributed by atoms with E-state index in [2.05, 4.69) is 5.16 Å². The highest BCUT2D eigenvalue weighted by atomic mass is 32.1. The van der Waals surface area contributed by atoms with Crippen molar-refractivity contribution in [1.82, 2.24) is 10.1 Å². The Balaban J connectivity index is 2.03. The quantitative estimate of drug-likeness (QED) is 0.863. The van der Waals surface area contributed by atoms with Crippen LogP contribution in [0.4, 0.5) is 0 Å². The zero-order valence-electron chi connectivity index (χ0n) is 9.09. The molecule has 0 atom stereocenters. The van der Waals surface area contributed by atoms with Crippen LogP contribution in [0, 0.1) is 0 Å². The van der Waals surface area contributed by atoms with Gasteiger partial charge in [-0.3, -0.25) is 4.90 Å². The van der Waals surface area contributed by atoms with Gasteiger partial charge >= 0.3 is 0 Å². The fourth-order valence-electron chi connectivity index (χ4n) is 1.45. The predicted molar refractivity (Wildman–Crippen MR) is 63.2 cm³/mol. The molecule has 1 N–H and O–H groups in total. The number of aliphatic hydroxyl groups excluding tert-OH is 1. The summed E-state index contributed by atoms with van der Waals surface area (Å²) >= 11 is 1.63. The topological polar surface area (TPSA) is 49.5 Å². The molecule has 0 amide bonds. The summed E-state index contributed by atoms with van der Waals surface area (Å²) in [6.07, 6.45) is 0. The number of rotatable bonds is 5. The zero-order chi connectivity index (χ0) is 11.4. The van der Waals surface area contributed by atoms with Gasteiger partial charge in [0, 0.05) is 19.2 Å². The molecule has 2 heterocycles. The van der Waals surface area contributed by atoms with Crippen molar-refractivity contribution < 1.29 is 9.63 Å². The van der Waals surface area contributed by atoms with E-state index in [0.29, 0.717) is 13.1 Å². The van der Waals surface area contributed by atoms with Gasteiger partial charge in [-0.15, -0.1) is 11.3 Å². The second-order valence-corrected chi connectivity index (χ2v) is 4.57. The Labute approximate surface area is 98.1 Å². The van der Waals surface area contributed by atoms with Crippen LogP contribution in [0.5, 0.6) is 0 Å². The lowest BCUT2D eigenvalue weighted by Crippen LogP contribution is -2.21. The van der Waals surface area contributed by atoms with Gasteiger partial charge in [-0.25, -0.2) is 0 Å². The summed E-state index contributed by atoms with van der Waals surface area (Å²) in [5, 5.41) is 14.8. The molecular weight excluding hydrogens is 224 g/mol. The minimum absolute atomic E-state index is 0.159. The maximum absolute atomic E-state index is 8.79. The predicted octanol–water partition coefficient (Wildman–Crippen LogP) is 1.83. The van der Waals surface area contributed by atoms with E-state index in [1.54, 1.807) is 11.3 Å². The van der Waals surface area contributed by atoms with Crippen LogP contribution in [0.3, 0.4) is 0 Å². The summed E-state index contributed by atoms with van der Waals surface area (Å²) < 4.78 is 5.26. The molecule has 0 aliphatic carbocycles. The summed E-state index contributed by atoms with van der Waals surface area (Å²) in [6.45, 7) is 1.49. The molecule has 16 heavy (non-hydrogen) atoms. The molecule has 0 aliphatic heterocycles. The lowest BCUT2D eigenvalue weighted by Gasteiger charge is -2.11. The molecule has 0 fully saturated rings. The highest BCUT2D eigenvalue weighted by Crippen LogP contribution is 2.25. The van der Waals surface area contributed by atoms with E-state index in [0.717, 1.165) is 16.3 Å². The van der Waals surface area contributed by atoms with Gasteiger partial charge < -0.3 is 9.63 Å². The van der Waals surface area contributed by atoms with Gasteiger partial charge in [0.1, 0.15) is 0 Å². The summed E-state index contributed by atoms with van der Waals surface area (Å²) in [5.74, 6) is 0.808. The van der Waals surface area contributed by atoms with Crippen LogP contribution >= 0.6 is 11.3 Å². The van der Waals surface area contributed by atoms with Gasteiger partial charge in [0.05, 0.1) is 17.2 Å². The summed E-state index contributed by atoms with van der Waals surface area (Å²) in [4.78, 5) is 3.08. The lowest BCUT2D eigenvalue weighted by atomic mass is 10.3. The number of likely N-dealkylation sites (N-methyl/N-ethyl adjacent to an activating group) is 1. The van der Waals surface area contributed by atoms with Crippen molar-refractivity contribution in [3.8, 4) is 10.6 Å². The van der Waals surface area contributed by atoms with Crippen LogP contribution in [0.2, 0.25) is 0 Å². The van der Waals surface area contributed by atoms with Gasteiger partial charge in [-0.2, -0.15) is 0 Å². The van der Waals surface area contributed by atoms with Crippen molar-refractivity contribution in [3.63, 3.8) is 0 Å². The molecular formula is C11H14N2O2S. The number of nitrogens with zero attached hydrogens (tertiary/aromatic N) is 2. The second kappa shape index (κ2) is 5.25. The van der Waals surface area contributed by atoms with Gasteiger partial charge in [0.2, 0.25) is 0 Å². The first kappa shape index (κ1) is 11.3. The Kier molecular flexibility index (Phi) is 3.71. The molecule has 0 unspecified atom stereocenters. The van der Waals surface area contributed by atoms with E-state index in [1.165, 1.54) is 0 Å². The fraction of sp³-hybridized carbons (Fsp3) is 0.364. The van der Waals surface area contributed by atoms with Crippen LogP contribution in [0.1, 0.15) is 5.69 Å². The Morgan fingerprint density at radius 3 is 3.12 bits per heavy atom. The molecule has 4 nitrogen and oxygen atoms in total. The molecule has 0 radical (unpaired) electrons. The lowest BCUT2D eigenvalue weighted by molar-refractivity contribution is 0.214. The van der Waals surface area contributed by atoms with Gasteiger partial charge in [-0.1, -0.05) is 11.2 Å². The Bertz CT molecular complexity index is 425. The average molecular weight is 238 g/mol. The average Bonchev–Trinajstić information content (AvgIpc) is 2.86. The monoisotopic (exact) mass is 238 g/mol. The van der Waals surface area contributed by atoms with Crippen LogP contribution in [0.15, 0.2) is 28.1 Å². The van der Waals surface area contributed by atoms with E-state index in [1.807, 2.05) is 35.5 Å². The molecule has 2 rings (SSSR count). The van der Waals surface area contributed by atoms with Crippen molar-refractivity contribution in [1.29, 1.82) is 0 Å². The molecule has 0 bridgehead atoms. The van der Waals surface area contributed by atoms with Crippen LogP contribution in [-0.4, -0.2) is 35.4 Å². The number of hydrogen-bond acceptors (Lipinski definition) is 5. The van der Waals surface area contributed by atoms with Crippen LogP contribution in [-0.2, 0) is 6.54 Å². The summed E-state index contributed by atoms with van der Waals surface area (Å²) in [6, 6.07) is 5.94. The highest BCUT2D eigenvalue weighted by Gasteiger charge is 2.08. The minimum atomic E-state index is 0.159. The van der Waals surface area contributed by atoms with E-state index >= 15 is 0 Å². The molecule has 2 aromatic rings. The van der Waals surface area contributed by atoms with Crippen molar-refractivity contribution >= 4 is 11.3 Å². The molecule has 86 valence electrons. The van der Waals surface area contributed by atoms with E-state index in [4.69, 9.17) is 9.63 Å². The fourth-order valence-corrected chi connectivity index (χ4v) is 2.12. The standard InChI is InChI=1S/C11H14N2O2S/c1-13(4-5-14)8-9-7-10(15-12-9)11-3-2-6-16-11/h2-3,6-7,14H,4-5,8H2,1H3. The Morgan fingerprint density at radius 2 is 2.44 bits per heavy atom. The third-order valence-electron chi connectivity index (χ3n) is 2.24. The molecule has 0 aromatic carbocycles. The van der Waals surface area contributed by atoms with Crippen LogP contribution < -0.4 is 0 Å². The SMILES string of the molecule is CN(CCO)Cc1cc(-c2cccs2)on1.